The van der Waals surface area contributed by atoms with Gasteiger partial charge in [-0.25, -0.2) is 0 Å². The van der Waals surface area contributed by atoms with Crippen molar-refractivity contribution in [1.29, 1.82) is 0 Å². The minimum atomic E-state index is 0.916. The molecule has 16 aromatic rings. The van der Waals surface area contributed by atoms with E-state index in [0.29, 0.717) is 0 Å². The molecule has 16 rings (SSSR count). The van der Waals surface area contributed by atoms with Crippen molar-refractivity contribution in [2.45, 2.75) is 0 Å². The van der Waals surface area contributed by atoms with E-state index in [1.807, 2.05) is 0 Å². The van der Waals surface area contributed by atoms with Crippen LogP contribution in [0.1, 0.15) is 0 Å². The molecule has 1 aromatic heterocycles. The lowest BCUT2D eigenvalue weighted by atomic mass is 9.82. The summed E-state index contributed by atoms with van der Waals surface area (Å²) in [7, 11) is 0. The molecular formula is C68H38O. The maximum absolute atomic E-state index is 6.64. The molecule has 0 aliphatic heterocycles. The fourth-order valence-electron chi connectivity index (χ4n) is 12.5. The molecule has 0 saturated carbocycles. The van der Waals surface area contributed by atoms with Crippen molar-refractivity contribution in [3.05, 3.63) is 231 Å². The molecule has 0 radical (unpaired) electrons. The molecule has 0 saturated heterocycles. The van der Waals surface area contributed by atoms with Gasteiger partial charge in [0.1, 0.15) is 11.2 Å². The predicted octanol–water partition coefficient (Wildman–Crippen LogP) is 19.6. The number of hydrogen-bond acceptors (Lipinski definition) is 1. The molecule has 15 aromatic carbocycles. The Hall–Kier alpha value is -9.04. The van der Waals surface area contributed by atoms with E-state index in [-0.39, 0.29) is 0 Å². The van der Waals surface area contributed by atoms with Crippen LogP contribution in [0.2, 0.25) is 0 Å². The first-order valence-corrected chi connectivity index (χ1v) is 24.0. The van der Waals surface area contributed by atoms with Crippen LogP contribution in [0, 0.1) is 0 Å². The SMILES string of the molecule is c1ccc2cc3c(cc2c1)oc1cc2c4ccc(-c5ccc(-c6c7ccccc7c(-c7ccc8ccc9cccc%10ccc7c8c9%10)c7ccccc67)c6ccccc56)cc4c4ccccc4c2cc13. The van der Waals surface area contributed by atoms with Crippen molar-refractivity contribution in [3.8, 4) is 33.4 Å². The first kappa shape index (κ1) is 37.1. The van der Waals surface area contributed by atoms with E-state index in [4.69, 9.17) is 4.42 Å². The Morgan fingerprint density at radius 2 is 0.623 bits per heavy atom. The minimum Gasteiger partial charge on any atom is -0.456 e. The molecule has 0 aliphatic carbocycles. The summed E-state index contributed by atoms with van der Waals surface area (Å²) in [5, 5.41) is 27.5. The molecule has 0 atom stereocenters. The summed E-state index contributed by atoms with van der Waals surface area (Å²) in [6, 6.07) is 86.1. The average Bonchev–Trinajstić information content (AvgIpc) is 3.76. The lowest BCUT2D eigenvalue weighted by Gasteiger charge is -2.21. The Morgan fingerprint density at radius 1 is 0.203 bits per heavy atom. The van der Waals surface area contributed by atoms with Crippen molar-refractivity contribution in [3.63, 3.8) is 0 Å². The summed E-state index contributed by atoms with van der Waals surface area (Å²) in [4.78, 5) is 0. The highest BCUT2D eigenvalue weighted by Gasteiger charge is 2.22. The summed E-state index contributed by atoms with van der Waals surface area (Å²) in [6.07, 6.45) is 0. The standard InChI is InChI=1S/C68H38O/c1-2-13-43-36-63-61(34-42(43)12-1)62-37-59-49-19-6-5-18-48(49)58-35-44(28-29-50(58)60(59)38-64(62)69-63)45-32-33-55(47-17-4-3-16-46(45)47)67-51-20-7-9-22-53(51)68(54-23-10-8-21-52(54)67)57-31-27-41-25-24-39-14-11-15-40-26-30-56(57)66(41)65(39)40/h1-38H. The molecule has 1 nitrogen and oxygen atoms in total. The highest BCUT2D eigenvalue weighted by atomic mass is 16.3. The first-order valence-electron chi connectivity index (χ1n) is 24.0. The molecular weight excluding hydrogens is 833 g/mol. The topological polar surface area (TPSA) is 13.1 Å². The van der Waals surface area contributed by atoms with Gasteiger partial charge in [-0.15, -0.1) is 0 Å². The third kappa shape index (κ3) is 5.14. The summed E-state index contributed by atoms with van der Waals surface area (Å²) >= 11 is 0. The van der Waals surface area contributed by atoms with Gasteiger partial charge >= 0.3 is 0 Å². The zero-order chi connectivity index (χ0) is 44.9. The van der Waals surface area contributed by atoms with Gasteiger partial charge < -0.3 is 4.42 Å². The van der Waals surface area contributed by atoms with E-state index >= 15 is 0 Å². The third-order valence-corrected chi connectivity index (χ3v) is 15.5. The summed E-state index contributed by atoms with van der Waals surface area (Å²) in [5.41, 5.74) is 9.33. The average molecular weight is 871 g/mol. The van der Waals surface area contributed by atoms with Gasteiger partial charge in [0, 0.05) is 10.8 Å². The van der Waals surface area contributed by atoms with Crippen LogP contribution in [0.5, 0.6) is 0 Å². The van der Waals surface area contributed by atoms with Crippen LogP contribution in [0.3, 0.4) is 0 Å². The van der Waals surface area contributed by atoms with Gasteiger partial charge in [-0.05, 0) is 171 Å². The highest BCUT2D eigenvalue weighted by Crippen LogP contribution is 2.50. The number of furan rings is 1. The lowest BCUT2D eigenvalue weighted by molar-refractivity contribution is 0.670. The van der Waals surface area contributed by atoms with Crippen LogP contribution < -0.4 is 0 Å². The second-order valence-electron chi connectivity index (χ2n) is 19.0. The van der Waals surface area contributed by atoms with E-state index in [1.165, 1.54) is 141 Å². The van der Waals surface area contributed by atoms with E-state index in [0.717, 1.165) is 21.9 Å². The Morgan fingerprint density at radius 3 is 1.30 bits per heavy atom. The molecule has 0 fully saturated rings. The van der Waals surface area contributed by atoms with Gasteiger partial charge in [-0.2, -0.15) is 0 Å². The molecule has 1 heteroatoms. The Kier molecular flexibility index (Phi) is 7.40. The fourth-order valence-corrected chi connectivity index (χ4v) is 12.5. The molecule has 316 valence electrons. The second-order valence-corrected chi connectivity index (χ2v) is 19.0. The van der Waals surface area contributed by atoms with E-state index < -0.39 is 0 Å². The molecule has 0 amide bonds. The maximum Gasteiger partial charge on any atom is 0.136 e. The molecule has 0 N–H and O–H groups in total. The predicted molar refractivity (Wildman–Crippen MR) is 296 cm³/mol. The van der Waals surface area contributed by atoms with Gasteiger partial charge in [-0.1, -0.05) is 200 Å². The number of fused-ring (bicyclic) bond motifs is 13. The van der Waals surface area contributed by atoms with Crippen LogP contribution in [0.25, 0.3) is 163 Å². The van der Waals surface area contributed by atoms with Crippen LogP contribution in [0.4, 0.5) is 0 Å². The number of benzene rings is 15. The van der Waals surface area contributed by atoms with Crippen molar-refractivity contribution in [1.82, 2.24) is 0 Å². The molecule has 69 heavy (non-hydrogen) atoms. The number of hydrogen-bond donors (Lipinski definition) is 0. The zero-order valence-corrected chi connectivity index (χ0v) is 37.3. The normalized spacial score (nSPS) is 12.3. The summed E-state index contributed by atoms with van der Waals surface area (Å²) < 4.78 is 6.64. The second kappa shape index (κ2) is 13.8. The molecule has 0 spiro atoms. The van der Waals surface area contributed by atoms with Gasteiger partial charge in [0.25, 0.3) is 0 Å². The maximum atomic E-state index is 6.64. The number of rotatable bonds is 3. The summed E-state index contributed by atoms with van der Waals surface area (Å²) in [6.45, 7) is 0. The fraction of sp³-hybridized carbons (Fsp3) is 0. The van der Waals surface area contributed by atoms with Gasteiger partial charge in [0.2, 0.25) is 0 Å². The first-order chi connectivity index (χ1) is 34.2. The lowest BCUT2D eigenvalue weighted by Crippen LogP contribution is -1.93. The Bertz CT molecular complexity index is 4820. The van der Waals surface area contributed by atoms with Crippen molar-refractivity contribution in [2.24, 2.45) is 0 Å². The minimum absolute atomic E-state index is 0.916. The molecule has 1 heterocycles. The van der Waals surface area contributed by atoms with E-state index in [1.54, 1.807) is 0 Å². The smallest absolute Gasteiger partial charge is 0.136 e. The van der Waals surface area contributed by atoms with Crippen molar-refractivity contribution >= 4 is 130 Å². The zero-order valence-electron chi connectivity index (χ0n) is 37.3. The summed E-state index contributed by atoms with van der Waals surface area (Å²) in [5.74, 6) is 0. The monoisotopic (exact) mass is 870 g/mol. The van der Waals surface area contributed by atoms with Crippen LogP contribution in [0.15, 0.2) is 235 Å². The van der Waals surface area contributed by atoms with E-state index in [2.05, 4.69) is 231 Å². The Labute approximate surface area is 396 Å². The molecule has 0 aliphatic rings. The molecule has 0 bridgehead atoms. The van der Waals surface area contributed by atoms with Crippen LogP contribution in [-0.4, -0.2) is 0 Å². The highest BCUT2D eigenvalue weighted by molar-refractivity contribution is 6.32. The van der Waals surface area contributed by atoms with Crippen LogP contribution >= 0.6 is 0 Å². The van der Waals surface area contributed by atoms with Crippen LogP contribution in [-0.2, 0) is 0 Å². The quantitative estimate of drug-likeness (QED) is 0.127. The van der Waals surface area contributed by atoms with Crippen molar-refractivity contribution in [2.75, 3.05) is 0 Å². The third-order valence-electron chi connectivity index (χ3n) is 15.5. The Balaban J connectivity index is 0.908. The van der Waals surface area contributed by atoms with Crippen molar-refractivity contribution < 1.29 is 4.42 Å². The van der Waals surface area contributed by atoms with Gasteiger partial charge in [0.15, 0.2) is 0 Å². The van der Waals surface area contributed by atoms with Gasteiger partial charge in [0.05, 0.1) is 0 Å². The molecule has 0 unspecified atom stereocenters. The van der Waals surface area contributed by atoms with Gasteiger partial charge in [-0.3, -0.25) is 0 Å². The van der Waals surface area contributed by atoms with E-state index in [9.17, 15) is 0 Å². The largest absolute Gasteiger partial charge is 0.456 e.